The van der Waals surface area contributed by atoms with Crippen LogP contribution in [0.4, 0.5) is 0 Å². The quantitative estimate of drug-likeness (QED) is 0.915. The third-order valence-electron chi connectivity index (χ3n) is 3.25. The Morgan fingerprint density at radius 3 is 2.26 bits per heavy atom. The van der Waals surface area contributed by atoms with Crippen molar-refractivity contribution < 1.29 is 9.47 Å². The average Bonchev–Trinajstić information content (AvgIpc) is 2.46. The van der Waals surface area contributed by atoms with Crippen molar-refractivity contribution >= 4 is 0 Å². The van der Waals surface area contributed by atoms with E-state index in [-0.39, 0.29) is 6.04 Å². The molecule has 2 aromatic rings. The van der Waals surface area contributed by atoms with E-state index in [1.165, 1.54) is 0 Å². The summed E-state index contributed by atoms with van der Waals surface area (Å²) in [5, 5.41) is 0. The Kier molecular flexibility index (Phi) is 4.07. The summed E-state index contributed by atoms with van der Waals surface area (Å²) in [5.74, 6) is 1.68. The molecule has 0 amide bonds. The summed E-state index contributed by atoms with van der Waals surface area (Å²) in [6.07, 6.45) is 0. The Morgan fingerprint density at radius 1 is 0.947 bits per heavy atom. The maximum atomic E-state index is 6.33. The van der Waals surface area contributed by atoms with Crippen molar-refractivity contribution in [2.75, 3.05) is 14.2 Å². The number of para-hydroxylation sites is 1. The highest BCUT2D eigenvalue weighted by Gasteiger charge is 2.14. The smallest absolute Gasteiger partial charge is 0.123 e. The zero-order valence-electron chi connectivity index (χ0n) is 11.5. The number of methoxy groups -OCH3 is 2. The molecule has 19 heavy (non-hydrogen) atoms. The molecule has 100 valence electrons. The Hall–Kier alpha value is -2.00. The molecule has 0 bridgehead atoms. The van der Waals surface area contributed by atoms with E-state index in [1.807, 2.05) is 43.3 Å². The number of nitrogens with two attached hydrogens (primary N) is 1. The average molecular weight is 257 g/mol. The van der Waals surface area contributed by atoms with Gasteiger partial charge in [0.2, 0.25) is 0 Å². The lowest BCUT2D eigenvalue weighted by atomic mass is 9.97. The van der Waals surface area contributed by atoms with Gasteiger partial charge in [-0.2, -0.15) is 0 Å². The minimum absolute atomic E-state index is 0.208. The van der Waals surface area contributed by atoms with Gasteiger partial charge >= 0.3 is 0 Å². The van der Waals surface area contributed by atoms with Crippen molar-refractivity contribution in [2.24, 2.45) is 5.73 Å². The van der Waals surface area contributed by atoms with Crippen LogP contribution < -0.4 is 15.2 Å². The second-order valence-electron chi connectivity index (χ2n) is 4.45. The zero-order valence-corrected chi connectivity index (χ0v) is 11.5. The summed E-state index contributed by atoms with van der Waals surface area (Å²) < 4.78 is 10.6. The predicted octanol–water partition coefficient (Wildman–Crippen LogP) is 3.06. The van der Waals surface area contributed by atoms with Crippen molar-refractivity contribution in [3.63, 3.8) is 0 Å². The number of rotatable bonds is 4. The van der Waals surface area contributed by atoms with Gasteiger partial charge in [0.25, 0.3) is 0 Å². The molecule has 0 saturated carbocycles. The largest absolute Gasteiger partial charge is 0.496 e. The number of benzene rings is 2. The van der Waals surface area contributed by atoms with Gasteiger partial charge in [0, 0.05) is 5.56 Å². The van der Waals surface area contributed by atoms with Crippen LogP contribution in [0.1, 0.15) is 22.7 Å². The van der Waals surface area contributed by atoms with Gasteiger partial charge in [0.15, 0.2) is 0 Å². The zero-order chi connectivity index (χ0) is 13.8. The van der Waals surface area contributed by atoms with Crippen molar-refractivity contribution in [3.8, 4) is 11.5 Å². The summed E-state index contributed by atoms with van der Waals surface area (Å²) in [6, 6.07) is 13.6. The SMILES string of the molecule is COc1ccc(C(N)c2ccccc2OC)cc1C. The van der Waals surface area contributed by atoms with E-state index in [1.54, 1.807) is 14.2 Å². The van der Waals surface area contributed by atoms with E-state index in [0.717, 1.165) is 28.2 Å². The molecule has 0 aliphatic rings. The molecule has 0 aromatic heterocycles. The molecule has 0 fully saturated rings. The standard InChI is InChI=1S/C16H19NO2/c1-11-10-12(8-9-14(11)18-2)16(17)13-6-4-5-7-15(13)19-3/h4-10,16H,17H2,1-3H3. The second kappa shape index (κ2) is 5.76. The molecule has 0 aliphatic carbocycles. The van der Waals surface area contributed by atoms with Crippen molar-refractivity contribution in [1.29, 1.82) is 0 Å². The molecule has 0 heterocycles. The summed E-state index contributed by atoms with van der Waals surface area (Å²) in [6.45, 7) is 2.01. The van der Waals surface area contributed by atoms with Gasteiger partial charge in [-0.1, -0.05) is 30.3 Å². The lowest BCUT2D eigenvalue weighted by Crippen LogP contribution is -2.13. The molecular weight excluding hydrogens is 238 g/mol. The highest BCUT2D eigenvalue weighted by atomic mass is 16.5. The first-order chi connectivity index (χ1) is 9.17. The molecule has 3 nitrogen and oxygen atoms in total. The third kappa shape index (κ3) is 2.71. The highest BCUT2D eigenvalue weighted by molar-refractivity contribution is 5.44. The molecule has 2 rings (SSSR count). The van der Waals surface area contributed by atoms with E-state index >= 15 is 0 Å². The second-order valence-corrected chi connectivity index (χ2v) is 4.45. The molecule has 0 saturated heterocycles. The Morgan fingerprint density at radius 2 is 1.63 bits per heavy atom. The minimum Gasteiger partial charge on any atom is -0.496 e. The van der Waals surface area contributed by atoms with Crippen LogP contribution in [0, 0.1) is 6.92 Å². The van der Waals surface area contributed by atoms with Gasteiger partial charge < -0.3 is 15.2 Å². The fraction of sp³-hybridized carbons (Fsp3) is 0.250. The van der Waals surface area contributed by atoms with Crippen molar-refractivity contribution in [1.82, 2.24) is 0 Å². The van der Waals surface area contributed by atoms with Crippen LogP contribution in [-0.4, -0.2) is 14.2 Å². The molecule has 2 aromatic carbocycles. The Bertz CT molecular complexity index is 566. The van der Waals surface area contributed by atoms with Crippen LogP contribution >= 0.6 is 0 Å². The first kappa shape index (κ1) is 13.4. The molecular formula is C16H19NO2. The third-order valence-corrected chi connectivity index (χ3v) is 3.25. The predicted molar refractivity (Wildman–Crippen MR) is 76.8 cm³/mol. The van der Waals surface area contributed by atoms with Crippen molar-refractivity contribution in [2.45, 2.75) is 13.0 Å². The van der Waals surface area contributed by atoms with Crippen LogP contribution in [0.3, 0.4) is 0 Å². The van der Waals surface area contributed by atoms with E-state index in [2.05, 4.69) is 6.07 Å². The topological polar surface area (TPSA) is 44.5 Å². The van der Waals surface area contributed by atoms with Crippen LogP contribution in [-0.2, 0) is 0 Å². The molecule has 0 aliphatic heterocycles. The summed E-state index contributed by atoms with van der Waals surface area (Å²) in [7, 11) is 3.33. The van der Waals surface area contributed by atoms with Crippen LogP contribution in [0.5, 0.6) is 11.5 Å². The summed E-state index contributed by atoms with van der Waals surface area (Å²) in [5.41, 5.74) is 9.43. The number of hydrogen-bond donors (Lipinski definition) is 1. The van der Waals surface area contributed by atoms with Gasteiger partial charge in [-0.25, -0.2) is 0 Å². The van der Waals surface area contributed by atoms with Crippen LogP contribution in [0.2, 0.25) is 0 Å². The number of aryl methyl sites for hydroxylation is 1. The van der Waals surface area contributed by atoms with Crippen LogP contribution in [0.15, 0.2) is 42.5 Å². The van der Waals surface area contributed by atoms with E-state index in [9.17, 15) is 0 Å². The number of hydrogen-bond acceptors (Lipinski definition) is 3. The summed E-state index contributed by atoms with van der Waals surface area (Å²) >= 11 is 0. The monoisotopic (exact) mass is 257 g/mol. The molecule has 0 radical (unpaired) electrons. The van der Waals surface area contributed by atoms with Crippen LogP contribution in [0.25, 0.3) is 0 Å². The highest BCUT2D eigenvalue weighted by Crippen LogP contribution is 2.30. The lowest BCUT2D eigenvalue weighted by Gasteiger charge is -2.17. The van der Waals surface area contributed by atoms with E-state index in [0.29, 0.717) is 0 Å². The first-order valence-electron chi connectivity index (χ1n) is 6.20. The Labute approximate surface area is 114 Å². The minimum atomic E-state index is -0.208. The van der Waals surface area contributed by atoms with E-state index < -0.39 is 0 Å². The summed E-state index contributed by atoms with van der Waals surface area (Å²) in [4.78, 5) is 0. The van der Waals surface area contributed by atoms with Gasteiger partial charge in [-0.05, 0) is 30.2 Å². The van der Waals surface area contributed by atoms with Gasteiger partial charge in [0.05, 0.1) is 20.3 Å². The number of ether oxygens (including phenoxy) is 2. The maximum absolute atomic E-state index is 6.33. The lowest BCUT2D eigenvalue weighted by molar-refractivity contribution is 0.407. The van der Waals surface area contributed by atoms with Crippen molar-refractivity contribution in [3.05, 3.63) is 59.2 Å². The first-order valence-corrected chi connectivity index (χ1v) is 6.20. The normalized spacial score (nSPS) is 12.0. The maximum Gasteiger partial charge on any atom is 0.123 e. The van der Waals surface area contributed by atoms with Gasteiger partial charge in [-0.15, -0.1) is 0 Å². The van der Waals surface area contributed by atoms with E-state index in [4.69, 9.17) is 15.2 Å². The fourth-order valence-corrected chi connectivity index (χ4v) is 2.20. The molecule has 2 N–H and O–H groups in total. The fourth-order valence-electron chi connectivity index (χ4n) is 2.20. The molecule has 1 atom stereocenters. The Balaban J connectivity index is 2.38. The molecule has 1 unspecified atom stereocenters. The van der Waals surface area contributed by atoms with Gasteiger partial charge in [-0.3, -0.25) is 0 Å². The van der Waals surface area contributed by atoms with Gasteiger partial charge in [0.1, 0.15) is 11.5 Å². The molecule has 3 heteroatoms. The molecule has 0 spiro atoms.